The molecule has 0 fully saturated rings. The SMILES string of the molecule is CC(C)(CNC(=O)c1ccc(=O)[nH]c1)S(C)(=O)=O. The van der Waals surface area contributed by atoms with E-state index in [0.717, 1.165) is 6.26 Å². The molecule has 2 N–H and O–H groups in total. The summed E-state index contributed by atoms with van der Waals surface area (Å²) < 4.78 is 21.9. The van der Waals surface area contributed by atoms with Gasteiger partial charge in [0, 0.05) is 25.1 Å². The predicted octanol–water partition coefficient (Wildman–Crippen LogP) is -0.0721. The Balaban J connectivity index is 2.73. The van der Waals surface area contributed by atoms with Crippen LogP contribution < -0.4 is 10.9 Å². The first kappa shape index (κ1) is 14.4. The van der Waals surface area contributed by atoms with Crippen LogP contribution in [-0.2, 0) is 9.84 Å². The molecule has 0 aliphatic rings. The third kappa shape index (κ3) is 3.43. The van der Waals surface area contributed by atoms with Crippen LogP contribution in [-0.4, -0.2) is 36.9 Å². The summed E-state index contributed by atoms with van der Waals surface area (Å²) in [6.45, 7) is 3.08. The van der Waals surface area contributed by atoms with Crippen molar-refractivity contribution in [2.45, 2.75) is 18.6 Å². The van der Waals surface area contributed by atoms with E-state index in [4.69, 9.17) is 0 Å². The minimum atomic E-state index is -3.26. The lowest BCUT2D eigenvalue weighted by atomic mass is 10.2. The molecule has 1 rings (SSSR count). The first-order valence-corrected chi connectivity index (χ1v) is 7.19. The normalized spacial score (nSPS) is 12.2. The maximum Gasteiger partial charge on any atom is 0.252 e. The average Bonchev–Trinajstić information content (AvgIpc) is 2.25. The second-order valence-electron chi connectivity index (χ2n) is 4.66. The van der Waals surface area contributed by atoms with E-state index in [1.165, 1.54) is 32.2 Å². The lowest BCUT2D eigenvalue weighted by Gasteiger charge is -2.22. The molecule has 0 atom stereocenters. The largest absolute Gasteiger partial charge is 0.350 e. The summed E-state index contributed by atoms with van der Waals surface area (Å²) in [6, 6.07) is 2.61. The summed E-state index contributed by atoms with van der Waals surface area (Å²) in [6.07, 6.45) is 2.41. The van der Waals surface area contributed by atoms with Gasteiger partial charge in [-0.05, 0) is 19.9 Å². The number of rotatable bonds is 4. The number of hydrogen-bond donors (Lipinski definition) is 2. The molecule has 6 nitrogen and oxygen atoms in total. The molecule has 1 heterocycles. The number of aromatic amines is 1. The fraction of sp³-hybridized carbons (Fsp3) is 0.455. The van der Waals surface area contributed by atoms with Crippen LogP contribution >= 0.6 is 0 Å². The highest BCUT2D eigenvalue weighted by Gasteiger charge is 2.30. The Morgan fingerprint density at radius 3 is 2.44 bits per heavy atom. The van der Waals surface area contributed by atoms with E-state index in [9.17, 15) is 18.0 Å². The molecule has 0 radical (unpaired) electrons. The molecular formula is C11H16N2O4S. The van der Waals surface area contributed by atoms with Crippen LogP contribution in [0, 0.1) is 0 Å². The van der Waals surface area contributed by atoms with Gasteiger partial charge in [-0.3, -0.25) is 9.59 Å². The maximum atomic E-state index is 11.7. The van der Waals surface area contributed by atoms with Gasteiger partial charge in [0.1, 0.15) is 0 Å². The number of pyridine rings is 1. The number of aromatic nitrogens is 1. The number of carbonyl (C=O) groups is 1. The zero-order valence-electron chi connectivity index (χ0n) is 10.5. The van der Waals surface area contributed by atoms with E-state index in [0.29, 0.717) is 0 Å². The lowest BCUT2D eigenvalue weighted by molar-refractivity contribution is 0.0950. The van der Waals surface area contributed by atoms with Crippen molar-refractivity contribution >= 4 is 15.7 Å². The predicted molar refractivity (Wildman–Crippen MR) is 68.3 cm³/mol. The van der Waals surface area contributed by atoms with Gasteiger partial charge in [-0.15, -0.1) is 0 Å². The highest BCUT2D eigenvalue weighted by molar-refractivity contribution is 7.92. The van der Waals surface area contributed by atoms with Crippen molar-refractivity contribution < 1.29 is 13.2 Å². The van der Waals surface area contributed by atoms with Crippen molar-refractivity contribution in [1.29, 1.82) is 0 Å². The molecule has 0 bridgehead atoms. The highest BCUT2D eigenvalue weighted by Crippen LogP contribution is 2.13. The molecule has 1 aromatic heterocycles. The molecule has 0 aromatic carbocycles. The number of nitrogens with one attached hydrogen (secondary N) is 2. The molecule has 0 aliphatic heterocycles. The molecule has 0 spiro atoms. The van der Waals surface area contributed by atoms with E-state index < -0.39 is 20.5 Å². The van der Waals surface area contributed by atoms with Gasteiger partial charge in [-0.1, -0.05) is 0 Å². The number of H-pyrrole nitrogens is 1. The monoisotopic (exact) mass is 272 g/mol. The van der Waals surface area contributed by atoms with Gasteiger partial charge in [0.05, 0.1) is 10.3 Å². The molecule has 0 saturated carbocycles. The van der Waals surface area contributed by atoms with Crippen LogP contribution in [0.4, 0.5) is 0 Å². The van der Waals surface area contributed by atoms with Gasteiger partial charge in [0.2, 0.25) is 5.56 Å². The van der Waals surface area contributed by atoms with Gasteiger partial charge in [0.25, 0.3) is 5.91 Å². The fourth-order valence-electron chi connectivity index (χ4n) is 1.08. The molecule has 1 aromatic rings. The summed E-state index contributed by atoms with van der Waals surface area (Å²) >= 11 is 0. The molecular weight excluding hydrogens is 256 g/mol. The van der Waals surface area contributed by atoms with Crippen LogP contribution in [0.5, 0.6) is 0 Å². The quantitative estimate of drug-likeness (QED) is 0.801. The average molecular weight is 272 g/mol. The Labute approximate surface area is 105 Å². The third-order valence-corrected chi connectivity index (χ3v) is 4.88. The molecule has 0 unspecified atom stereocenters. The molecule has 100 valence electrons. The van der Waals surface area contributed by atoms with Gasteiger partial charge in [-0.25, -0.2) is 8.42 Å². The van der Waals surface area contributed by atoms with Crippen molar-refractivity contribution in [1.82, 2.24) is 10.3 Å². The number of sulfone groups is 1. The summed E-state index contributed by atoms with van der Waals surface area (Å²) in [5.41, 5.74) is -0.0260. The summed E-state index contributed by atoms with van der Waals surface area (Å²) in [4.78, 5) is 24.9. The molecule has 18 heavy (non-hydrogen) atoms. The standard InChI is InChI=1S/C11H16N2O4S/c1-11(2,18(3,16)17)7-13-10(15)8-4-5-9(14)12-6-8/h4-6H,7H2,1-3H3,(H,12,14)(H,13,15). The van der Waals surface area contributed by atoms with E-state index in [1.54, 1.807) is 0 Å². The molecule has 0 saturated heterocycles. The van der Waals surface area contributed by atoms with E-state index in [2.05, 4.69) is 10.3 Å². The second-order valence-corrected chi connectivity index (χ2v) is 7.31. The van der Waals surface area contributed by atoms with E-state index in [1.807, 2.05) is 0 Å². The van der Waals surface area contributed by atoms with Crippen molar-refractivity contribution in [3.05, 3.63) is 34.2 Å². The van der Waals surface area contributed by atoms with Crippen LogP contribution in [0.2, 0.25) is 0 Å². The smallest absolute Gasteiger partial charge is 0.252 e. The van der Waals surface area contributed by atoms with Gasteiger partial charge in [0.15, 0.2) is 9.84 Å². The van der Waals surface area contributed by atoms with E-state index >= 15 is 0 Å². The van der Waals surface area contributed by atoms with Crippen LogP contribution in [0.15, 0.2) is 23.1 Å². The van der Waals surface area contributed by atoms with E-state index in [-0.39, 0.29) is 17.7 Å². The minimum absolute atomic E-state index is 0.00376. The van der Waals surface area contributed by atoms with Crippen LogP contribution in [0.3, 0.4) is 0 Å². The number of carbonyl (C=O) groups excluding carboxylic acids is 1. The minimum Gasteiger partial charge on any atom is -0.350 e. The molecule has 0 aliphatic carbocycles. The molecule has 1 amide bonds. The van der Waals surface area contributed by atoms with Gasteiger partial charge < -0.3 is 10.3 Å². The zero-order chi connectivity index (χ0) is 14.0. The summed E-state index contributed by atoms with van der Waals surface area (Å²) in [7, 11) is -3.26. The van der Waals surface area contributed by atoms with Crippen LogP contribution in [0.1, 0.15) is 24.2 Å². The Bertz CT molecular complexity index is 581. The Morgan fingerprint density at radius 2 is 2.00 bits per heavy atom. The Morgan fingerprint density at radius 1 is 1.39 bits per heavy atom. The Kier molecular flexibility index (Phi) is 3.95. The van der Waals surface area contributed by atoms with Gasteiger partial charge >= 0.3 is 0 Å². The van der Waals surface area contributed by atoms with Crippen molar-refractivity contribution in [2.75, 3.05) is 12.8 Å². The zero-order valence-corrected chi connectivity index (χ0v) is 11.3. The van der Waals surface area contributed by atoms with Crippen molar-refractivity contribution in [3.8, 4) is 0 Å². The second kappa shape index (κ2) is 4.93. The maximum absolute atomic E-state index is 11.7. The first-order chi connectivity index (χ1) is 8.13. The van der Waals surface area contributed by atoms with Crippen molar-refractivity contribution in [3.63, 3.8) is 0 Å². The van der Waals surface area contributed by atoms with Gasteiger partial charge in [-0.2, -0.15) is 0 Å². The number of amides is 1. The third-order valence-electron chi connectivity index (χ3n) is 2.72. The van der Waals surface area contributed by atoms with Crippen molar-refractivity contribution in [2.24, 2.45) is 0 Å². The van der Waals surface area contributed by atoms with Crippen LogP contribution in [0.25, 0.3) is 0 Å². The lowest BCUT2D eigenvalue weighted by Crippen LogP contribution is -2.43. The topological polar surface area (TPSA) is 96.1 Å². The summed E-state index contributed by atoms with van der Waals surface area (Å²) in [5.74, 6) is -0.428. The molecule has 7 heteroatoms. The fourth-order valence-corrected chi connectivity index (χ4v) is 1.41. The first-order valence-electron chi connectivity index (χ1n) is 5.30. The summed E-state index contributed by atoms with van der Waals surface area (Å²) in [5, 5.41) is 2.53. The number of hydrogen-bond acceptors (Lipinski definition) is 4. The Hall–Kier alpha value is -1.63. The highest BCUT2D eigenvalue weighted by atomic mass is 32.2.